The van der Waals surface area contributed by atoms with Gasteiger partial charge in [-0.3, -0.25) is 0 Å². The van der Waals surface area contributed by atoms with E-state index in [0.29, 0.717) is 11.8 Å². The van der Waals surface area contributed by atoms with Crippen LogP contribution in [0.3, 0.4) is 0 Å². The quantitative estimate of drug-likeness (QED) is 0.817. The third kappa shape index (κ3) is 2.56. The van der Waals surface area contributed by atoms with Gasteiger partial charge in [-0.25, -0.2) is 18.0 Å². The van der Waals surface area contributed by atoms with E-state index in [-0.39, 0.29) is 6.10 Å². The Morgan fingerprint density at radius 3 is 2.43 bits per heavy atom. The lowest BCUT2D eigenvalue weighted by Crippen LogP contribution is -2.63. The number of carbonyl (C=O) groups is 1. The maximum Gasteiger partial charge on any atom is 0.321 e. The minimum absolute atomic E-state index is 0.168. The fourth-order valence-corrected chi connectivity index (χ4v) is 4.48. The smallest absolute Gasteiger partial charge is 0.321 e. The molecule has 1 aromatic carbocycles. The van der Waals surface area contributed by atoms with E-state index in [1.165, 1.54) is 6.42 Å². The molecule has 124 valence electrons. The van der Waals surface area contributed by atoms with Crippen molar-refractivity contribution < 1.29 is 22.7 Å². The van der Waals surface area contributed by atoms with Crippen LogP contribution in [0, 0.1) is 29.3 Å². The topological polar surface area (TPSA) is 50.4 Å². The molecule has 4 bridgehead atoms. The number of hydrogen-bond donors (Lipinski definition) is 2. The number of amides is 2. The number of carbonyl (C=O) groups excluding carboxylic acids is 1. The summed E-state index contributed by atoms with van der Waals surface area (Å²) in [5.74, 6) is -3.22. The molecule has 2 amide bonds. The van der Waals surface area contributed by atoms with Crippen LogP contribution >= 0.6 is 0 Å². The molecule has 2 saturated heterocycles. The molecule has 0 aromatic heterocycles. The Morgan fingerprint density at radius 1 is 1.09 bits per heavy atom. The minimum Gasteiger partial charge on any atom is -0.352 e. The van der Waals surface area contributed by atoms with Crippen LogP contribution in [-0.4, -0.2) is 17.9 Å². The van der Waals surface area contributed by atoms with Crippen molar-refractivity contribution in [2.75, 3.05) is 5.32 Å². The predicted octanol–water partition coefficient (Wildman–Crippen LogP) is 3.53. The van der Waals surface area contributed by atoms with E-state index < -0.39 is 34.9 Å². The first kappa shape index (κ1) is 14.8. The van der Waals surface area contributed by atoms with Gasteiger partial charge in [-0.2, -0.15) is 0 Å². The summed E-state index contributed by atoms with van der Waals surface area (Å²) in [7, 11) is 0. The van der Waals surface area contributed by atoms with E-state index in [9.17, 15) is 18.0 Å². The molecule has 1 aromatic rings. The van der Waals surface area contributed by atoms with Gasteiger partial charge in [0.15, 0.2) is 17.5 Å². The van der Waals surface area contributed by atoms with Crippen LogP contribution in [0.2, 0.25) is 0 Å². The molecule has 0 radical (unpaired) electrons. The van der Waals surface area contributed by atoms with Crippen molar-refractivity contribution in [3.8, 4) is 0 Å². The van der Waals surface area contributed by atoms with E-state index in [1.807, 2.05) is 0 Å². The van der Waals surface area contributed by atoms with Crippen LogP contribution in [0.15, 0.2) is 12.1 Å². The highest BCUT2D eigenvalue weighted by atomic mass is 19.2. The number of ether oxygens (including phenoxy) is 1. The normalized spacial score (nSPS) is 34.5. The van der Waals surface area contributed by atoms with Crippen molar-refractivity contribution in [1.82, 2.24) is 5.32 Å². The third-order valence-electron chi connectivity index (χ3n) is 5.11. The van der Waals surface area contributed by atoms with Crippen molar-refractivity contribution in [1.29, 1.82) is 0 Å². The summed E-state index contributed by atoms with van der Waals surface area (Å²) in [6.45, 7) is 0. The zero-order valence-electron chi connectivity index (χ0n) is 12.4. The number of benzene rings is 1. The molecule has 23 heavy (non-hydrogen) atoms. The molecule has 7 heteroatoms. The zero-order valence-corrected chi connectivity index (χ0v) is 12.4. The molecular formula is C16H17F3N2O2. The Labute approximate surface area is 131 Å². The Bertz CT molecular complexity index is 630. The summed E-state index contributed by atoms with van der Waals surface area (Å²) >= 11 is 0. The molecule has 5 rings (SSSR count). The Hall–Kier alpha value is -1.76. The van der Waals surface area contributed by atoms with Crippen LogP contribution in [-0.2, 0) is 4.74 Å². The summed E-state index contributed by atoms with van der Waals surface area (Å²) in [5, 5.41) is 5.02. The van der Waals surface area contributed by atoms with Crippen LogP contribution in [0.25, 0.3) is 0 Å². The average molecular weight is 326 g/mol. The number of nitrogens with one attached hydrogen (secondary N) is 2. The van der Waals surface area contributed by atoms with E-state index in [0.717, 1.165) is 37.8 Å². The standard InChI is InChI=1S/C16H17F3N2O2/c17-11-1-2-12(14(19)13(11)18)20-15(22)21-16-6-8-3-9(7-16)5-10(4-8)23-16/h1-2,8-10H,3-7H2,(H2,20,21,22)/t8-,9?,10+,16-/m0/s1. The Morgan fingerprint density at radius 2 is 1.78 bits per heavy atom. The molecule has 2 aliphatic carbocycles. The third-order valence-corrected chi connectivity index (χ3v) is 5.11. The number of anilines is 1. The number of urea groups is 1. The Kier molecular flexibility index (Phi) is 3.30. The highest BCUT2D eigenvalue weighted by Gasteiger charge is 2.52. The largest absolute Gasteiger partial charge is 0.352 e. The zero-order chi connectivity index (χ0) is 16.2. The summed E-state index contributed by atoms with van der Waals surface area (Å²) in [5.41, 5.74) is -1.11. The van der Waals surface area contributed by atoms with Gasteiger partial charge in [0.1, 0.15) is 5.72 Å². The summed E-state index contributed by atoms with van der Waals surface area (Å²) in [4.78, 5) is 12.2. The first-order valence-corrected chi connectivity index (χ1v) is 7.84. The van der Waals surface area contributed by atoms with Crippen molar-refractivity contribution in [2.24, 2.45) is 11.8 Å². The molecule has 2 saturated carbocycles. The van der Waals surface area contributed by atoms with Gasteiger partial charge >= 0.3 is 6.03 Å². The van der Waals surface area contributed by atoms with Crippen molar-refractivity contribution in [3.05, 3.63) is 29.6 Å². The fraction of sp³-hybridized carbons (Fsp3) is 0.562. The molecule has 2 heterocycles. The van der Waals surface area contributed by atoms with E-state index >= 15 is 0 Å². The monoisotopic (exact) mass is 326 g/mol. The van der Waals surface area contributed by atoms with Crippen LogP contribution in [0.1, 0.15) is 32.1 Å². The van der Waals surface area contributed by atoms with Crippen molar-refractivity contribution in [2.45, 2.75) is 43.9 Å². The number of halogens is 3. The first-order valence-electron chi connectivity index (χ1n) is 7.84. The molecule has 4 fully saturated rings. The van der Waals surface area contributed by atoms with E-state index in [4.69, 9.17) is 4.74 Å². The molecular weight excluding hydrogens is 309 g/mol. The van der Waals surface area contributed by atoms with Crippen LogP contribution in [0.5, 0.6) is 0 Å². The lowest BCUT2D eigenvalue weighted by Gasteiger charge is -2.56. The second kappa shape index (κ2) is 5.12. The SMILES string of the molecule is O=C(Nc1ccc(F)c(F)c1F)N[C@]12CC3C[C@@H](C[C@H](C3)O1)C2. The lowest BCUT2D eigenvalue weighted by atomic mass is 9.65. The second-order valence-corrected chi connectivity index (χ2v) is 6.88. The Balaban J connectivity index is 1.48. The summed E-state index contributed by atoms with van der Waals surface area (Å²) in [6.07, 6.45) is 4.88. The van der Waals surface area contributed by atoms with Gasteiger partial charge in [-0.1, -0.05) is 0 Å². The highest BCUT2D eigenvalue weighted by molar-refractivity contribution is 5.89. The van der Waals surface area contributed by atoms with E-state index in [2.05, 4.69) is 10.6 Å². The molecule has 4 nitrogen and oxygen atoms in total. The van der Waals surface area contributed by atoms with Gasteiger partial charge in [0, 0.05) is 0 Å². The van der Waals surface area contributed by atoms with Crippen LogP contribution < -0.4 is 10.6 Å². The maximum absolute atomic E-state index is 13.6. The summed E-state index contributed by atoms with van der Waals surface area (Å²) < 4.78 is 45.8. The predicted molar refractivity (Wildman–Crippen MR) is 76.1 cm³/mol. The van der Waals surface area contributed by atoms with Gasteiger partial charge in [-0.15, -0.1) is 0 Å². The number of hydrogen-bond acceptors (Lipinski definition) is 2. The molecule has 2 aliphatic heterocycles. The molecule has 2 N–H and O–H groups in total. The highest BCUT2D eigenvalue weighted by Crippen LogP contribution is 2.51. The number of rotatable bonds is 2. The van der Waals surface area contributed by atoms with Gasteiger partial charge in [0.25, 0.3) is 0 Å². The molecule has 1 unspecified atom stereocenters. The molecule has 4 atom stereocenters. The van der Waals surface area contributed by atoms with Gasteiger partial charge < -0.3 is 15.4 Å². The minimum atomic E-state index is -1.60. The molecule has 4 aliphatic rings. The van der Waals surface area contributed by atoms with Gasteiger partial charge in [0.05, 0.1) is 11.8 Å². The van der Waals surface area contributed by atoms with Gasteiger partial charge in [0.2, 0.25) is 0 Å². The second-order valence-electron chi connectivity index (χ2n) is 6.88. The van der Waals surface area contributed by atoms with Crippen molar-refractivity contribution in [3.63, 3.8) is 0 Å². The van der Waals surface area contributed by atoms with E-state index in [1.54, 1.807) is 0 Å². The van der Waals surface area contributed by atoms with Gasteiger partial charge in [-0.05, 0) is 56.1 Å². The van der Waals surface area contributed by atoms with Crippen LogP contribution in [0.4, 0.5) is 23.7 Å². The maximum atomic E-state index is 13.6. The first-order chi connectivity index (χ1) is 10.9. The summed E-state index contributed by atoms with van der Waals surface area (Å²) in [6, 6.07) is 1.10. The lowest BCUT2D eigenvalue weighted by molar-refractivity contribution is -0.227. The fourth-order valence-electron chi connectivity index (χ4n) is 4.48. The molecule has 0 spiro atoms. The van der Waals surface area contributed by atoms with Crippen molar-refractivity contribution >= 4 is 11.7 Å². The average Bonchev–Trinajstić information content (AvgIpc) is 2.46.